The van der Waals surface area contributed by atoms with Gasteiger partial charge in [0.15, 0.2) is 0 Å². The third-order valence-electron chi connectivity index (χ3n) is 4.76. The number of ether oxygens (including phenoxy) is 2. The number of esters is 2. The molecule has 0 N–H and O–H groups in total. The van der Waals surface area contributed by atoms with Crippen molar-refractivity contribution in [1.29, 1.82) is 0 Å². The number of benzene rings is 2. The number of hydrogen-bond donors (Lipinski definition) is 0. The quantitative estimate of drug-likeness (QED) is 0.100. The van der Waals surface area contributed by atoms with Crippen LogP contribution in [0.3, 0.4) is 0 Å². The van der Waals surface area contributed by atoms with Crippen LogP contribution in [-0.4, -0.2) is 52.5 Å². The predicted octanol–water partition coefficient (Wildman–Crippen LogP) is 5.92. The van der Waals surface area contributed by atoms with Crippen LogP contribution in [0.1, 0.15) is 18.9 Å². The van der Waals surface area contributed by atoms with Crippen LogP contribution in [0, 0.1) is 6.92 Å². The van der Waals surface area contributed by atoms with E-state index in [0.717, 1.165) is 23.4 Å². The Morgan fingerprint density at radius 3 is 2.22 bits per heavy atom. The standard InChI is InChI=1S/C22H23Cl3FN3O6S/c1-3-29(7-6-21(30)34-8-9-35-22(31)13-23)15-4-5-18(14(2)10-15)27-28-19-11-17(25)20(12-16(19)24)36(26,32)33/h4-5,10-12H,3,6-9,13H2,1-2H3. The summed E-state index contributed by atoms with van der Waals surface area (Å²) in [5, 5.41) is 7.64. The van der Waals surface area contributed by atoms with E-state index in [9.17, 15) is 21.9 Å². The molecule has 0 aliphatic carbocycles. The zero-order valence-electron chi connectivity index (χ0n) is 19.3. The van der Waals surface area contributed by atoms with Gasteiger partial charge in [-0.1, -0.05) is 23.2 Å². The zero-order chi connectivity index (χ0) is 26.9. The van der Waals surface area contributed by atoms with Crippen LogP contribution in [0.15, 0.2) is 45.5 Å². The molecule has 2 aromatic rings. The average Bonchev–Trinajstić information content (AvgIpc) is 2.82. The van der Waals surface area contributed by atoms with Gasteiger partial charge in [0.05, 0.1) is 22.2 Å². The Hall–Kier alpha value is -2.47. The van der Waals surface area contributed by atoms with Crippen molar-refractivity contribution in [3.05, 3.63) is 45.9 Å². The van der Waals surface area contributed by atoms with Gasteiger partial charge < -0.3 is 14.4 Å². The lowest BCUT2D eigenvalue weighted by atomic mass is 10.1. The van der Waals surface area contributed by atoms with Crippen molar-refractivity contribution in [1.82, 2.24) is 0 Å². The van der Waals surface area contributed by atoms with Gasteiger partial charge in [0.2, 0.25) is 0 Å². The summed E-state index contributed by atoms with van der Waals surface area (Å²) in [6.07, 6.45) is 0.127. The van der Waals surface area contributed by atoms with E-state index in [2.05, 4.69) is 10.2 Å². The van der Waals surface area contributed by atoms with E-state index in [0.29, 0.717) is 18.8 Å². The molecule has 0 aromatic heterocycles. The number of nitrogens with zero attached hydrogens (tertiary/aromatic N) is 3. The predicted molar refractivity (Wildman–Crippen MR) is 135 cm³/mol. The Labute approximate surface area is 223 Å². The Bertz CT molecular complexity index is 1240. The molecule has 2 aromatic carbocycles. The number of rotatable bonds is 12. The maximum Gasteiger partial charge on any atom is 0.333 e. The van der Waals surface area contributed by atoms with Gasteiger partial charge in [-0.05, 0) is 49.7 Å². The minimum Gasteiger partial charge on any atom is -0.462 e. The lowest BCUT2D eigenvalue weighted by molar-refractivity contribution is -0.150. The van der Waals surface area contributed by atoms with E-state index in [-0.39, 0.29) is 41.2 Å². The Morgan fingerprint density at radius 2 is 1.64 bits per heavy atom. The fraction of sp³-hybridized carbons (Fsp3) is 0.364. The minimum absolute atomic E-state index is 0.0477. The number of carbonyl (C=O) groups excluding carboxylic acids is 2. The summed E-state index contributed by atoms with van der Waals surface area (Å²) >= 11 is 17.1. The van der Waals surface area contributed by atoms with E-state index < -0.39 is 27.1 Å². The number of aryl methyl sites for hydroxylation is 1. The van der Waals surface area contributed by atoms with Crippen LogP contribution >= 0.6 is 34.8 Å². The first-order valence-corrected chi connectivity index (χ1v) is 13.2. The Morgan fingerprint density at radius 1 is 1.00 bits per heavy atom. The summed E-state index contributed by atoms with van der Waals surface area (Å²) in [5.41, 5.74) is 2.19. The molecule has 0 bridgehead atoms. The third kappa shape index (κ3) is 8.88. The van der Waals surface area contributed by atoms with Crippen molar-refractivity contribution < 1.29 is 31.4 Å². The molecule has 196 valence electrons. The highest BCUT2D eigenvalue weighted by molar-refractivity contribution is 7.86. The van der Waals surface area contributed by atoms with Gasteiger partial charge in [-0.25, -0.2) is 0 Å². The minimum atomic E-state index is -5.03. The van der Waals surface area contributed by atoms with E-state index in [1.54, 1.807) is 12.1 Å². The normalized spacial score (nSPS) is 11.5. The smallest absolute Gasteiger partial charge is 0.333 e. The second-order valence-electron chi connectivity index (χ2n) is 7.25. The monoisotopic (exact) mass is 581 g/mol. The van der Waals surface area contributed by atoms with Crippen LogP contribution in [0.2, 0.25) is 10.0 Å². The molecule has 0 heterocycles. The molecule has 0 unspecified atom stereocenters. The summed E-state index contributed by atoms with van der Waals surface area (Å²) in [5.74, 6) is -1.28. The molecule has 0 saturated carbocycles. The van der Waals surface area contributed by atoms with Crippen molar-refractivity contribution in [2.75, 3.05) is 37.1 Å². The molecule has 0 saturated heterocycles. The van der Waals surface area contributed by atoms with Crippen LogP contribution in [0.5, 0.6) is 0 Å². The topological polar surface area (TPSA) is 115 Å². The summed E-state index contributed by atoms with van der Waals surface area (Å²) in [6.45, 7) is 4.67. The van der Waals surface area contributed by atoms with Crippen molar-refractivity contribution in [2.24, 2.45) is 10.2 Å². The first kappa shape index (κ1) is 29.8. The molecule has 0 aliphatic rings. The molecule has 0 amide bonds. The number of alkyl halides is 1. The molecule has 14 heteroatoms. The fourth-order valence-electron chi connectivity index (χ4n) is 2.96. The van der Waals surface area contributed by atoms with Crippen LogP contribution in [-0.2, 0) is 29.3 Å². The third-order valence-corrected chi connectivity index (χ3v) is 6.57. The molecule has 0 radical (unpaired) electrons. The number of carbonyl (C=O) groups is 2. The number of hydrogen-bond acceptors (Lipinski definition) is 9. The van der Waals surface area contributed by atoms with Crippen LogP contribution < -0.4 is 4.90 Å². The van der Waals surface area contributed by atoms with Crippen LogP contribution in [0.4, 0.5) is 20.9 Å². The van der Waals surface area contributed by atoms with E-state index >= 15 is 0 Å². The second kappa shape index (κ2) is 13.7. The molecule has 0 aliphatic heterocycles. The summed E-state index contributed by atoms with van der Waals surface area (Å²) in [4.78, 5) is 24.1. The van der Waals surface area contributed by atoms with Gasteiger partial charge in [0.1, 0.15) is 29.7 Å². The van der Waals surface area contributed by atoms with E-state index in [1.807, 2.05) is 24.8 Å². The number of anilines is 1. The van der Waals surface area contributed by atoms with Gasteiger partial charge in [0, 0.05) is 18.8 Å². The van der Waals surface area contributed by atoms with Crippen LogP contribution in [0.25, 0.3) is 0 Å². The van der Waals surface area contributed by atoms with E-state index in [4.69, 9.17) is 44.3 Å². The molecular formula is C22H23Cl3FN3O6S. The van der Waals surface area contributed by atoms with Crippen molar-refractivity contribution in [3.63, 3.8) is 0 Å². The van der Waals surface area contributed by atoms with E-state index in [1.165, 1.54) is 0 Å². The molecule has 36 heavy (non-hydrogen) atoms. The average molecular weight is 583 g/mol. The highest BCUT2D eigenvalue weighted by Crippen LogP contribution is 2.36. The zero-order valence-corrected chi connectivity index (χ0v) is 22.4. The fourth-order valence-corrected chi connectivity index (χ4v) is 4.28. The highest BCUT2D eigenvalue weighted by Gasteiger charge is 2.19. The summed E-state index contributed by atoms with van der Waals surface area (Å²) in [6, 6.07) is 7.37. The molecule has 0 fully saturated rings. The van der Waals surface area contributed by atoms with Crippen molar-refractivity contribution in [3.8, 4) is 0 Å². The van der Waals surface area contributed by atoms with Gasteiger partial charge in [-0.2, -0.15) is 13.5 Å². The highest BCUT2D eigenvalue weighted by atomic mass is 35.5. The first-order chi connectivity index (χ1) is 17.0. The first-order valence-electron chi connectivity index (χ1n) is 10.5. The summed E-state index contributed by atoms with van der Waals surface area (Å²) < 4.78 is 45.3. The Balaban J connectivity index is 2.03. The molecule has 0 atom stereocenters. The maximum atomic E-state index is 13.3. The number of halogens is 4. The van der Waals surface area contributed by atoms with Gasteiger partial charge >= 0.3 is 22.2 Å². The molecule has 9 nitrogen and oxygen atoms in total. The largest absolute Gasteiger partial charge is 0.462 e. The molecule has 2 rings (SSSR count). The second-order valence-corrected chi connectivity index (χ2v) is 9.64. The lowest BCUT2D eigenvalue weighted by Gasteiger charge is -2.23. The van der Waals surface area contributed by atoms with Crippen molar-refractivity contribution in [2.45, 2.75) is 25.2 Å². The number of azo groups is 1. The van der Waals surface area contributed by atoms with Crippen molar-refractivity contribution >= 4 is 74.0 Å². The maximum absolute atomic E-state index is 13.3. The summed E-state index contributed by atoms with van der Waals surface area (Å²) in [7, 11) is -5.03. The molecule has 0 spiro atoms. The lowest BCUT2D eigenvalue weighted by Crippen LogP contribution is -2.26. The van der Waals surface area contributed by atoms with Gasteiger partial charge in [-0.3, -0.25) is 9.59 Å². The Kier molecular flexibility index (Phi) is 11.4. The van der Waals surface area contributed by atoms with Gasteiger partial charge in [0.25, 0.3) is 0 Å². The van der Waals surface area contributed by atoms with Gasteiger partial charge in [-0.15, -0.1) is 20.6 Å². The molecular weight excluding hydrogens is 560 g/mol. The SMILES string of the molecule is CCN(CCC(=O)OCCOC(=O)CCl)c1ccc(N=Nc2cc(Cl)c(S(=O)(=O)F)cc2Cl)c(C)c1.